The second-order valence-corrected chi connectivity index (χ2v) is 7.25. The van der Waals surface area contributed by atoms with Crippen LogP contribution in [0.4, 0.5) is 0 Å². The molecule has 0 N–H and O–H groups in total. The Morgan fingerprint density at radius 1 is 1.26 bits per heavy atom. The fraction of sp³-hybridized carbons (Fsp3) is 0.667. The van der Waals surface area contributed by atoms with Crippen molar-refractivity contribution in [3.8, 4) is 0 Å². The second kappa shape index (κ2) is 9.50. The summed E-state index contributed by atoms with van der Waals surface area (Å²) in [6, 6.07) is 2.17. The molecule has 0 spiro atoms. The third-order valence-electron chi connectivity index (χ3n) is 2.59. The number of hydrogen-bond acceptors (Lipinski definition) is 5. The van der Waals surface area contributed by atoms with Crippen LogP contribution in [0, 0.1) is 13.8 Å². The summed E-state index contributed by atoms with van der Waals surface area (Å²) in [7, 11) is -4.07. The molecule has 1 aromatic heterocycles. The van der Waals surface area contributed by atoms with E-state index in [9.17, 15) is 13.0 Å². The Bertz CT molecular complexity index is 468. The first-order chi connectivity index (χ1) is 8.38. The summed E-state index contributed by atoms with van der Waals surface area (Å²) in [5.74, 6) is -0.292. The Kier molecular flexibility index (Phi) is 9.78. The van der Waals surface area contributed by atoms with E-state index < -0.39 is 10.1 Å². The predicted octanol–water partition coefficient (Wildman–Crippen LogP) is -0.747. The first kappa shape index (κ1) is 19.6. The van der Waals surface area contributed by atoms with Gasteiger partial charge in [-0.2, -0.15) is 0 Å². The van der Waals surface area contributed by atoms with Crippen LogP contribution in [-0.2, 0) is 21.3 Å². The van der Waals surface area contributed by atoms with Crippen molar-refractivity contribution in [1.82, 2.24) is 0 Å². The molecule has 0 aliphatic carbocycles. The molecule has 1 rings (SSSR count). The molecule has 0 fully saturated rings. The van der Waals surface area contributed by atoms with Gasteiger partial charge < -0.3 is 9.29 Å². The zero-order valence-corrected chi connectivity index (χ0v) is 15.4. The Hall–Kier alpha value is 0.570. The summed E-state index contributed by atoms with van der Waals surface area (Å²) < 4.78 is 36.5. The first-order valence-electron chi connectivity index (χ1n) is 5.96. The third-order valence-corrected chi connectivity index (χ3v) is 4.39. The minimum atomic E-state index is -4.07. The molecule has 19 heavy (non-hydrogen) atoms. The fourth-order valence-corrected chi connectivity index (χ4v) is 3.23. The quantitative estimate of drug-likeness (QED) is 0.360. The molecule has 0 aromatic carbocycles. The molecule has 1 heterocycles. The molecule has 0 aliphatic rings. The molecule has 0 unspecified atom stereocenters. The van der Waals surface area contributed by atoms with E-state index in [1.54, 1.807) is 11.3 Å². The van der Waals surface area contributed by atoms with E-state index in [4.69, 9.17) is 4.74 Å². The Morgan fingerprint density at radius 2 is 1.95 bits per heavy atom. The predicted molar refractivity (Wildman–Crippen MR) is 72.1 cm³/mol. The minimum absolute atomic E-state index is 0. The van der Waals surface area contributed by atoms with Gasteiger partial charge in [-0.05, 0) is 44.7 Å². The summed E-state index contributed by atoms with van der Waals surface area (Å²) in [6.45, 7) is 5.34. The van der Waals surface area contributed by atoms with E-state index in [1.807, 2.05) is 0 Å². The van der Waals surface area contributed by atoms with Gasteiger partial charge in [-0.1, -0.05) is 0 Å². The van der Waals surface area contributed by atoms with E-state index in [2.05, 4.69) is 19.9 Å². The number of aryl methyl sites for hydroxylation is 2. The monoisotopic (exact) mass is 314 g/mol. The van der Waals surface area contributed by atoms with E-state index in [1.165, 1.54) is 15.3 Å². The minimum Gasteiger partial charge on any atom is -0.748 e. The molecule has 0 saturated heterocycles. The van der Waals surface area contributed by atoms with Crippen LogP contribution in [0.3, 0.4) is 0 Å². The van der Waals surface area contributed by atoms with Crippen LogP contribution in [0.25, 0.3) is 0 Å². The van der Waals surface area contributed by atoms with Crippen molar-refractivity contribution in [3.63, 3.8) is 0 Å². The van der Waals surface area contributed by atoms with Gasteiger partial charge in [0.1, 0.15) is 0 Å². The molecule has 4 nitrogen and oxygen atoms in total. The number of thiophene rings is 1. The summed E-state index contributed by atoms with van der Waals surface area (Å²) in [4.78, 5) is 2.64. The number of rotatable bonds is 8. The van der Waals surface area contributed by atoms with Crippen molar-refractivity contribution in [1.29, 1.82) is 0 Å². The molecule has 0 aliphatic heterocycles. The van der Waals surface area contributed by atoms with Crippen molar-refractivity contribution >= 4 is 21.5 Å². The maximum atomic E-state index is 10.3. The average molecular weight is 314 g/mol. The van der Waals surface area contributed by atoms with E-state index in [0.29, 0.717) is 26.1 Å². The zero-order chi connectivity index (χ0) is 13.6. The summed E-state index contributed by atoms with van der Waals surface area (Å²) >= 11 is 1.79. The number of unbranched alkanes of at least 4 members (excludes halogenated alkanes) is 1. The molecule has 0 amide bonds. The van der Waals surface area contributed by atoms with E-state index in [-0.39, 0.29) is 35.3 Å². The van der Waals surface area contributed by atoms with Crippen molar-refractivity contribution in [3.05, 3.63) is 21.4 Å². The van der Waals surface area contributed by atoms with E-state index in [0.717, 1.165) is 6.42 Å². The Balaban J connectivity index is 0.00000324. The fourth-order valence-electron chi connectivity index (χ4n) is 1.70. The topological polar surface area (TPSA) is 66.4 Å². The van der Waals surface area contributed by atoms with Gasteiger partial charge >= 0.3 is 29.6 Å². The van der Waals surface area contributed by atoms with Crippen molar-refractivity contribution in [2.24, 2.45) is 0 Å². The van der Waals surface area contributed by atoms with Gasteiger partial charge in [-0.15, -0.1) is 11.3 Å². The third kappa shape index (κ3) is 9.18. The molecule has 0 bridgehead atoms. The maximum absolute atomic E-state index is 10.3. The molecular weight excluding hydrogens is 295 g/mol. The zero-order valence-electron chi connectivity index (χ0n) is 11.8. The number of ether oxygens (including phenoxy) is 1. The molecule has 0 radical (unpaired) electrons. The summed E-state index contributed by atoms with van der Waals surface area (Å²) in [6.07, 6.45) is 1.88. The van der Waals surface area contributed by atoms with Gasteiger partial charge in [0.05, 0.1) is 16.7 Å². The Labute approximate surface area is 141 Å². The van der Waals surface area contributed by atoms with Crippen LogP contribution >= 0.6 is 11.3 Å². The SMILES string of the molecule is Cc1cc(CCOCCCCS(=O)(=O)[O-])c(C)s1.[Na+]. The molecular formula is C12H19NaO4S2. The van der Waals surface area contributed by atoms with Crippen molar-refractivity contribution in [2.45, 2.75) is 33.1 Å². The maximum Gasteiger partial charge on any atom is 1.00 e. The van der Waals surface area contributed by atoms with Crippen molar-refractivity contribution in [2.75, 3.05) is 19.0 Å². The van der Waals surface area contributed by atoms with E-state index >= 15 is 0 Å². The molecule has 104 valence electrons. The first-order valence-corrected chi connectivity index (χ1v) is 8.35. The van der Waals surface area contributed by atoms with Gasteiger partial charge in [-0.25, -0.2) is 8.42 Å². The molecule has 7 heteroatoms. The summed E-state index contributed by atoms with van der Waals surface area (Å²) in [5.41, 5.74) is 1.32. The normalized spacial score (nSPS) is 11.3. The van der Waals surface area contributed by atoms with Crippen LogP contribution in [0.2, 0.25) is 0 Å². The molecule has 0 saturated carbocycles. The molecule has 1 aromatic rings. The average Bonchev–Trinajstić information content (AvgIpc) is 2.54. The van der Waals surface area contributed by atoms with Gasteiger partial charge in [0.15, 0.2) is 0 Å². The van der Waals surface area contributed by atoms with Crippen molar-refractivity contribution < 1.29 is 47.3 Å². The van der Waals surface area contributed by atoms with Gasteiger partial charge in [0.25, 0.3) is 0 Å². The van der Waals surface area contributed by atoms with Crippen LogP contribution in [-0.4, -0.2) is 31.9 Å². The molecule has 0 atom stereocenters. The standard InChI is InChI=1S/C12H20O4S2.Na/c1-10-9-12(11(2)17-10)5-7-16-6-3-4-8-18(13,14)15;/h9H,3-8H2,1-2H3,(H,13,14,15);/q;+1/p-1. The smallest absolute Gasteiger partial charge is 0.748 e. The second-order valence-electron chi connectivity index (χ2n) is 4.27. The van der Waals surface area contributed by atoms with Gasteiger partial charge in [0.2, 0.25) is 0 Å². The largest absolute Gasteiger partial charge is 1.00 e. The van der Waals surface area contributed by atoms with Crippen LogP contribution < -0.4 is 29.6 Å². The Morgan fingerprint density at radius 3 is 2.47 bits per heavy atom. The van der Waals surface area contributed by atoms with Crippen LogP contribution in [0.5, 0.6) is 0 Å². The van der Waals surface area contributed by atoms with Gasteiger partial charge in [0, 0.05) is 22.1 Å². The van der Waals surface area contributed by atoms with Gasteiger partial charge in [-0.3, -0.25) is 0 Å². The van der Waals surface area contributed by atoms with Crippen LogP contribution in [0.15, 0.2) is 6.07 Å². The van der Waals surface area contributed by atoms with Crippen LogP contribution in [0.1, 0.15) is 28.2 Å². The number of hydrogen-bond donors (Lipinski definition) is 0. The summed E-state index contributed by atoms with van der Waals surface area (Å²) in [5, 5.41) is 0.